The number of aliphatic hydroxyl groups is 1. The molecule has 11 nitrogen and oxygen atoms in total. The number of hydrogen-bond acceptors (Lipinski definition) is 11. The fourth-order valence-corrected chi connectivity index (χ4v) is 4.96. The topological polar surface area (TPSA) is 141 Å². The minimum Gasteiger partial charge on any atom is -0.484 e. The van der Waals surface area contributed by atoms with Gasteiger partial charge in [0, 0.05) is 17.7 Å². The highest BCUT2D eigenvalue weighted by Gasteiger charge is 2.22. The lowest BCUT2D eigenvalue weighted by molar-refractivity contribution is 0.0402. The molecule has 5 rings (SSSR count). The second-order valence-corrected chi connectivity index (χ2v) is 10.5. The predicted molar refractivity (Wildman–Crippen MR) is 152 cm³/mol. The van der Waals surface area contributed by atoms with Gasteiger partial charge in [0.15, 0.2) is 17.4 Å². The zero-order chi connectivity index (χ0) is 29.3. The quantitative estimate of drug-likeness (QED) is 0.239. The van der Waals surface area contributed by atoms with Crippen molar-refractivity contribution in [3.63, 3.8) is 0 Å². The number of anilines is 1. The number of fused-ring (bicyclic) bond motifs is 2. The normalized spacial score (nSPS) is 13.5. The summed E-state index contributed by atoms with van der Waals surface area (Å²) < 4.78 is 32.2. The molecule has 13 heteroatoms. The van der Waals surface area contributed by atoms with Crippen LogP contribution < -0.4 is 14.8 Å². The van der Waals surface area contributed by atoms with Crippen molar-refractivity contribution < 1.29 is 28.5 Å². The smallest absolute Gasteiger partial charge is 0.412 e. The first-order valence-corrected chi connectivity index (χ1v) is 13.5. The Balaban J connectivity index is 1.31. The summed E-state index contributed by atoms with van der Waals surface area (Å²) in [6.07, 6.45) is 1.28. The molecule has 2 aromatic carbocycles. The molecule has 0 aliphatic heterocycles. The van der Waals surface area contributed by atoms with E-state index in [4.69, 9.17) is 14.2 Å². The van der Waals surface area contributed by atoms with Gasteiger partial charge in [-0.1, -0.05) is 0 Å². The van der Waals surface area contributed by atoms with E-state index in [-0.39, 0.29) is 11.6 Å². The van der Waals surface area contributed by atoms with Gasteiger partial charge >= 0.3 is 6.09 Å². The van der Waals surface area contributed by atoms with Crippen LogP contribution in [0, 0.1) is 12.7 Å². The van der Waals surface area contributed by atoms with E-state index in [1.54, 1.807) is 26.1 Å². The summed E-state index contributed by atoms with van der Waals surface area (Å²) in [6, 6.07) is 6.79. The van der Waals surface area contributed by atoms with Crippen molar-refractivity contribution in [2.45, 2.75) is 46.0 Å². The molecule has 1 amide bonds. The Bertz CT molecular complexity index is 1730. The highest BCUT2D eigenvalue weighted by molar-refractivity contribution is 7.21. The lowest BCUT2D eigenvalue weighted by atomic mass is 10.1. The van der Waals surface area contributed by atoms with Gasteiger partial charge in [0.25, 0.3) is 0 Å². The van der Waals surface area contributed by atoms with Crippen molar-refractivity contribution in [2.75, 3.05) is 12.4 Å². The third kappa shape index (κ3) is 6.15. The molecule has 5 aromatic rings. The molecular formula is C28H27FN6O5S. The standard InChI is InChI=1S/C28H27FN6O5S/c1-13-6-18(25-21(7-13)34-24(38-5)12-30-25)27-35-20-8-19(29)22(9-23(20)41-27)39-15(3)16(4)40-28(37)33-17-10-31-26(14(2)36)32-11-17/h6-12,14-16,36H,1-5H3,(H,33,37)/t14?,15-,16+/m0/s1. The van der Waals surface area contributed by atoms with Crippen molar-refractivity contribution in [3.8, 4) is 22.2 Å². The molecular weight excluding hydrogens is 551 g/mol. The number of benzene rings is 2. The molecule has 1 unspecified atom stereocenters. The number of methoxy groups -OCH3 is 1. The molecule has 3 heterocycles. The molecule has 41 heavy (non-hydrogen) atoms. The summed E-state index contributed by atoms with van der Waals surface area (Å²) in [4.78, 5) is 33.9. The Labute approximate surface area is 238 Å². The Morgan fingerprint density at radius 3 is 2.46 bits per heavy atom. The Morgan fingerprint density at radius 1 is 1.00 bits per heavy atom. The Kier molecular flexibility index (Phi) is 7.90. The van der Waals surface area contributed by atoms with Crippen molar-refractivity contribution >= 4 is 44.4 Å². The van der Waals surface area contributed by atoms with E-state index in [2.05, 4.69) is 30.2 Å². The zero-order valence-electron chi connectivity index (χ0n) is 22.9. The van der Waals surface area contributed by atoms with Crippen molar-refractivity contribution in [3.05, 3.63) is 60.1 Å². The number of aryl methyl sites for hydroxylation is 1. The SMILES string of the molecule is COc1cnc2c(-c3nc4cc(F)c(O[C@@H](C)[C@@H](C)OC(=O)Nc5cnc(C(C)O)nc5)cc4s3)cc(C)cc2n1. The summed E-state index contributed by atoms with van der Waals surface area (Å²) in [7, 11) is 1.53. The van der Waals surface area contributed by atoms with Gasteiger partial charge in [-0.25, -0.2) is 34.1 Å². The predicted octanol–water partition coefficient (Wildman–Crippen LogP) is 5.61. The molecule has 0 aliphatic rings. The number of halogens is 1. The average Bonchev–Trinajstić information content (AvgIpc) is 3.34. The van der Waals surface area contributed by atoms with Crippen LogP contribution >= 0.6 is 11.3 Å². The van der Waals surface area contributed by atoms with Crippen LogP contribution in [-0.4, -0.2) is 55.4 Å². The van der Waals surface area contributed by atoms with Crippen LogP contribution in [0.15, 0.2) is 42.9 Å². The number of ether oxygens (including phenoxy) is 3. The van der Waals surface area contributed by atoms with Gasteiger partial charge in [-0.15, -0.1) is 11.3 Å². The molecule has 2 N–H and O–H groups in total. The average molecular weight is 579 g/mol. The summed E-state index contributed by atoms with van der Waals surface area (Å²) in [5.41, 5.74) is 3.86. The van der Waals surface area contributed by atoms with Crippen molar-refractivity contribution in [1.82, 2.24) is 24.9 Å². The minimum absolute atomic E-state index is 0.0109. The molecule has 0 aliphatic carbocycles. The first kappa shape index (κ1) is 28.1. The largest absolute Gasteiger partial charge is 0.484 e. The number of amides is 1. The second kappa shape index (κ2) is 11.6. The maximum absolute atomic E-state index is 15.0. The number of hydrogen-bond donors (Lipinski definition) is 2. The monoisotopic (exact) mass is 578 g/mol. The van der Waals surface area contributed by atoms with Gasteiger partial charge in [-0.2, -0.15) is 0 Å². The molecule has 0 fully saturated rings. The summed E-state index contributed by atoms with van der Waals surface area (Å²) >= 11 is 1.38. The van der Waals surface area contributed by atoms with Gasteiger partial charge in [0.2, 0.25) is 5.88 Å². The Hall–Kier alpha value is -4.49. The van der Waals surface area contributed by atoms with Gasteiger partial charge in [-0.05, 0) is 45.4 Å². The van der Waals surface area contributed by atoms with E-state index in [0.29, 0.717) is 37.8 Å². The lowest BCUT2D eigenvalue weighted by Gasteiger charge is -2.22. The molecule has 212 valence electrons. The third-order valence-electron chi connectivity index (χ3n) is 6.21. The molecule has 0 radical (unpaired) electrons. The number of nitrogens with zero attached hydrogens (tertiary/aromatic N) is 5. The van der Waals surface area contributed by atoms with Gasteiger partial charge in [-0.3, -0.25) is 5.32 Å². The van der Waals surface area contributed by atoms with Crippen LogP contribution in [0.3, 0.4) is 0 Å². The van der Waals surface area contributed by atoms with Crippen LogP contribution in [0.25, 0.3) is 31.8 Å². The maximum atomic E-state index is 15.0. The first-order chi connectivity index (χ1) is 19.6. The molecule has 0 spiro atoms. The van der Waals surface area contributed by atoms with Gasteiger partial charge in [0.1, 0.15) is 23.3 Å². The second-order valence-electron chi connectivity index (χ2n) is 9.43. The Morgan fingerprint density at radius 2 is 1.76 bits per heavy atom. The van der Waals surface area contributed by atoms with Crippen molar-refractivity contribution in [2.24, 2.45) is 0 Å². The fourth-order valence-electron chi connectivity index (χ4n) is 3.97. The van der Waals surface area contributed by atoms with E-state index in [1.807, 2.05) is 19.1 Å². The third-order valence-corrected chi connectivity index (χ3v) is 7.26. The molecule has 0 saturated carbocycles. The highest BCUT2D eigenvalue weighted by Crippen LogP contribution is 2.37. The number of thiazole rings is 1. The summed E-state index contributed by atoms with van der Waals surface area (Å²) in [6.45, 7) is 6.80. The van der Waals surface area contributed by atoms with E-state index < -0.39 is 30.2 Å². The first-order valence-electron chi connectivity index (χ1n) is 12.7. The molecule has 3 atom stereocenters. The van der Waals surface area contributed by atoms with Crippen LogP contribution in [0.5, 0.6) is 11.6 Å². The van der Waals surface area contributed by atoms with E-state index in [0.717, 1.165) is 11.1 Å². The molecule has 0 bridgehead atoms. The van der Waals surface area contributed by atoms with Crippen LogP contribution in [0.4, 0.5) is 14.9 Å². The number of carbonyl (C=O) groups is 1. The number of aromatic nitrogens is 5. The molecule has 3 aromatic heterocycles. The summed E-state index contributed by atoms with van der Waals surface area (Å²) in [5.74, 6) is 0.0592. The number of nitrogens with one attached hydrogen (secondary N) is 1. The number of rotatable bonds is 8. The fraction of sp³-hybridized carbons (Fsp3) is 0.286. The van der Waals surface area contributed by atoms with E-state index >= 15 is 4.39 Å². The van der Waals surface area contributed by atoms with Crippen molar-refractivity contribution in [1.29, 1.82) is 0 Å². The zero-order valence-corrected chi connectivity index (χ0v) is 23.7. The number of carbonyl (C=O) groups excluding carboxylic acids is 1. The highest BCUT2D eigenvalue weighted by atomic mass is 32.1. The number of aliphatic hydroxyl groups excluding tert-OH is 1. The van der Waals surface area contributed by atoms with E-state index in [9.17, 15) is 9.90 Å². The summed E-state index contributed by atoms with van der Waals surface area (Å²) in [5, 5.41) is 12.7. The van der Waals surface area contributed by atoms with Crippen LogP contribution in [0.1, 0.15) is 38.3 Å². The van der Waals surface area contributed by atoms with E-state index in [1.165, 1.54) is 43.8 Å². The van der Waals surface area contributed by atoms with Gasteiger partial charge in [0.05, 0.1) is 52.6 Å². The lowest BCUT2D eigenvalue weighted by Crippen LogP contribution is -2.32. The minimum atomic E-state index is -0.827. The van der Waals surface area contributed by atoms with Crippen LogP contribution in [-0.2, 0) is 4.74 Å². The van der Waals surface area contributed by atoms with Crippen LogP contribution in [0.2, 0.25) is 0 Å². The molecule has 0 saturated heterocycles. The van der Waals surface area contributed by atoms with Gasteiger partial charge < -0.3 is 19.3 Å². The maximum Gasteiger partial charge on any atom is 0.412 e.